The van der Waals surface area contributed by atoms with Crippen LogP contribution in [0.25, 0.3) is 0 Å². The van der Waals surface area contributed by atoms with Crippen molar-refractivity contribution in [2.75, 3.05) is 33.5 Å². The maximum atomic E-state index is 11.2. The Balaban J connectivity index is 2.57. The monoisotopic (exact) mass is 241 g/mol. The second-order valence-corrected chi connectivity index (χ2v) is 4.50. The van der Waals surface area contributed by atoms with Gasteiger partial charge in [0.25, 0.3) is 0 Å². The van der Waals surface area contributed by atoms with E-state index in [-0.39, 0.29) is 5.69 Å². The van der Waals surface area contributed by atoms with E-state index >= 15 is 0 Å². The summed E-state index contributed by atoms with van der Waals surface area (Å²) in [5.41, 5.74) is 0.248. The minimum Gasteiger partial charge on any atom is -0.464 e. The third-order valence-electron chi connectivity index (χ3n) is 1.80. The van der Waals surface area contributed by atoms with Crippen LogP contribution in [0.5, 0.6) is 0 Å². The van der Waals surface area contributed by atoms with Crippen LogP contribution in [0.15, 0.2) is 17.4 Å². The fourth-order valence-corrected chi connectivity index (χ4v) is 1.92. The maximum absolute atomic E-state index is 11.2. The summed E-state index contributed by atoms with van der Waals surface area (Å²) in [5.74, 6) is 0.453. The van der Waals surface area contributed by atoms with E-state index in [1.54, 1.807) is 18.0 Å². The van der Waals surface area contributed by atoms with E-state index < -0.39 is 5.97 Å². The lowest BCUT2D eigenvalue weighted by Crippen LogP contribution is -2.15. The molecule has 6 heteroatoms. The minimum absolute atomic E-state index is 0.248. The van der Waals surface area contributed by atoms with E-state index in [1.807, 2.05) is 14.1 Å². The molecule has 0 saturated carbocycles. The van der Waals surface area contributed by atoms with Gasteiger partial charge in [-0.15, -0.1) is 11.8 Å². The minimum atomic E-state index is -0.456. The first-order chi connectivity index (χ1) is 7.63. The molecule has 16 heavy (non-hydrogen) atoms. The zero-order valence-electron chi connectivity index (χ0n) is 9.64. The molecular formula is C10H15N3O2S. The van der Waals surface area contributed by atoms with Crippen LogP contribution in [0.3, 0.4) is 0 Å². The summed E-state index contributed by atoms with van der Waals surface area (Å²) in [6.45, 7) is 0.953. The second kappa shape index (κ2) is 6.44. The molecule has 0 aliphatic rings. The van der Waals surface area contributed by atoms with Gasteiger partial charge in [0.1, 0.15) is 5.03 Å². The molecule has 0 aliphatic carbocycles. The lowest BCUT2D eigenvalue weighted by Gasteiger charge is -2.08. The summed E-state index contributed by atoms with van der Waals surface area (Å²) in [5, 5.41) is 0.741. The van der Waals surface area contributed by atoms with Crippen LogP contribution in [0.1, 0.15) is 10.5 Å². The summed E-state index contributed by atoms with van der Waals surface area (Å²) in [7, 11) is 5.35. The second-order valence-electron chi connectivity index (χ2n) is 3.39. The van der Waals surface area contributed by atoms with Gasteiger partial charge in [0.05, 0.1) is 19.5 Å². The standard InChI is InChI=1S/C10H15N3O2S/c1-13(2)4-5-16-9-7-11-6-8(12-9)10(14)15-3/h6-7H,4-5H2,1-3H3. The summed E-state index contributed by atoms with van der Waals surface area (Å²) in [4.78, 5) is 21.4. The van der Waals surface area contributed by atoms with E-state index in [9.17, 15) is 4.79 Å². The normalized spacial score (nSPS) is 10.5. The summed E-state index contributed by atoms with van der Waals surface area (Å²) in [6, 6.07) is 0. The SMILES string of the molecule is COC(=O)c1cncc(SCCN(C)C)n1. The smallest absolute Gasteiger partial charge is 0.358 e. The van der Waals surface area contributed by atoms with Gasteiger partial charge in [-0.25, -0.2) is 9.78 Å². The fourth-order valence-electron chi connectivity index (χ4n) is 0.953. The van der Waals surface area contributed by atoms with Crippen molar-refractivity contribution in [3.8, 4) is 0 Å². The summed E-state index contributed by atoms with van der Waals surface area (Å²) >= 11 is 1.57. The lowest BCUT2D eigenvalue weighted by atomic mass is 10.5. The van der Waals surface area contributed by atoms with Crippen molar-refractivity contribution in [1.82, 2.24) is 14.9 Å². The number of carbonyl (C=O) groups excluding carboxylic acids is 1. The summed E-state index contributed by atoms with van der Waals surface area (Å²) < 4.78 is 4.58. The van der Waals surface area contributed by atoms with Crippen LogP contribution in [0, 0.1) is 0 Å². The highest BCUT2D eigenvalue weighted by molar-refractivity contribution is 7.99. The molecule has 0 fully saturated rings. The van der Waals surface area contributed by atoms with E-state index in [1.165, 1.54) is 13.3 Å². The molecule has 0 aromatic carbocycles. The largest absolute Gasteiger partial charge is 0.464 e. The van der Waals surface area contributed by atoms with E-state index in [2.05, 4.69) is 19.6 Å². The lowest BCUT2D eigenvalue weighted by molar-refractivity contribution is 0.0592. The topological polar surface area (TPSA) is 55.3 Å². The number of aromatic nitrogens is 2. The molecule has 0 radical (unpaired) electrons. The molecule has 0 spiro atoms. The quantitative estimate of drug-likeness (QED) is 0.564. The first-order valence-electron chi connectivity index (χ1n) is 4.81. The molecular weight excluding hydrogens is 226 g/mol. The zero-order valence-corrected chi connectivity index (χ0v) is 10.5. The molecule has 1 rings (SSSR count). The average molecular weight is 241 g/mol. The molecule has 0 bridgehead atoms. The predicted molar refractivity (Wildman–Crippen MR) is 62.6 cm³/mol. The van der Waals surface area contributed by atoms with Gasteiger partial charge in [-0.1, -0.05) is 0 Å². The highest BCUT2D eigenvalue weighted by Crippen LogP contribution is 2.14. The first kappa shape index (κ1) is 12.9. The number of hydrogen-bond acceptors (Lipinski definition) is 6. The number of esters is 1. The van der Waals surface area contributed by atoms with Gasteiger partial charge in [0.15, 0.2) is 5.69 Å². The van der Waals surface area contributed by atoms with Crippen molar-refractivity contribution in [2.45, 2.75) is 5.03 Å². The Kier molecular flexibility index (Phi) is 5.21. The number of carbonyl (C=O) groups is 1. The van der Waals surface area contributed by atoms with Crippen LogP contribution in [0.2, 0.25) is 0 Å². The third kappa shape index (κ3) is 4.16. The molecule has 1 aromatic heterocycles. The fraction of sp³-hybridized carbons (Fsp3) is 0.500. The van der Waals surface area contributed by atoms with Gasteiger partial charge >= 0.3 is 5.97 Å². The van der Waals surface area contributed by atoms with Gasteiger partial charge < -0.3 is 9.64 Å². The van der Waals surface area contributed by atoms with Gasteiger partial charge in [-0.2, -0.15) is 0 Å². The Morgan fingerprint density at radius 2 is 2.25 bits per heavy atom. The zero-order chi connectivity index (χ0) is 12.0. The molecule has 0 aliphatic heterocycles. The highest BCUT2D eigenvalue weighted by Gasteiger charge is 2.08. The van der Waals surface area contributed by atoms with Crippen LogP contribution in [-0.4, -0.2) is 54.3 Å². The molecule has 0 atom stereocenters. The number of hydrogen-bond donors (Lipinski definition) is 0. The maximum Gasteiger partial charge on any atom is 0.358 e. The molecule has 88 valence electrons. The highest BCUT2D eigenvalue weighted by atomic mass is 32.2. The Hall–Kier alpha value is -1.14. The van der Waals surface area contributed by atoms with Gasteiger partial charge in [0.2, 0.25) is 0 Å². The van der Waals surface area contributed by atoms with Crippen molar-refractivity contribution in [2.24, 2.45) is 0 Å². The number of thioether (sulfide) groups is 1. The molecule has 5 nitrogen and oxygen atoms in total. The molecule has 0 saturated heterocycles. The van der Waals surface area contributed by atoms with Crippen molar-refractivity contribution in [1.29, 1.82) is 0 Å². The van der Waals surface area contributed by atoms with Crippen LogP contribution >= 0.6 is 11.8 Å². The molecule has 0 amide bonds. The van der Waals surface area contributed by atoms with Crippen LogP contribution in [-0.2, 0) is 4.74 Å². The van der Waals surface area contributed by atoms with Crippen molar-refractivity contribution >= 4 is 17.7 Å². The molecule has 1 aromatic rings. The Bertz CT molecular complexity index is 358. The average Bonchev–Trinajstić information content (AvgIpc) is 2.28. The number of methoxy groups -OCH3 is 1. The predicted octanol–water partition coefficient (Wildman–Crippen LogP) is 0.917. The van der Waals surface area contributed by atoms with Crippen LogP contribution in [0.4, 0.5) is 0 Å². The van der Waals surface area contributed by atoms with Crippen molar-refractivity contribution in [3.63, 3.8) is 0 Å². The van der Waals surface area contributed by atoms with Gasteiger partial charge in [0, 0.05) is 12.3 Å². The molecule has 0 N–H and O–H groups in total. The Morgan fingerprint density at radius 3 is 2.88 bits per heavy atom. The number of ether oxygens (including phenoxy) is 1. The Morgan fingerprint density at radius 1 is 1.50 bits per heavy atom. The van der Waals surface area contributed by atoms with E-state index in [0.717, 1.165) is 17.3 Å². The Labute approximate surface area is 99.2 Å². The van der Waals surface area contributed by atoms with Gasteiger partial charge in [-0.3, -0.25) is 4.98 Å². The summed E-state index contributed by atoms with van der Waals surface area (Å²) in [6.07, 6.45) is 3.05. The van der Waals surface area contributed by atoms with Crippen molar-refractivity contribution < 1.29 is 9.53 Å². The number of rotatable bonds is 5. The van der Waals surface area contributed by atoms with Crippen LogP contribution < -0.4 is 0 Å². The van der Waals surface area contributed by atoms with Crippen molar-refractivity contribution in [3.05, 3.63) is 18.1 Å². The first-order valence-corrected chi connectivity index (χ1v) is 5.80. The molecule has 1 heterocycles. The third-order valence-corrected chi connectivity index (χ3v) is 2.67. The van der Waals surface area contributed by atoms with E-state index in [0.29, 0.717) is 0 Å². The number of nitrogens with zero attached hydrogens (tertiary/aromatic N) is 3. The van der Waals surface area contributed by atoms with E-state index in [4.69, 9.17) is 0 Å². The van der Waals surface area contributed by atoms with Gasteiger partial charge in [-0.05, 0) is 14.1 Å². The molecule has 0 unspecified atom stereocenters.